The van der Waals surface area contributed by atoms with Crippen LogP contribution in [0.3, 0.4) is 0 Å². The number of ether oxygens (including phenoxy) is 1. The van der Waals surface area contributed by atoms with Crippen molar-refractivity contribution in [1.29, 1.82) is 5.26 Å². The van der Waals surface area contributed by atoms with Crippen molar-refractivity contribution >= 4 is 40.4 Å². The molecule has 0 spiro atoms. The molecule has 0 aliphatic heterocycles. The first kappa shape index (κ1) is 21.0. The van der Waals surface area contributed by atoms with Crippen LogP contribution in [0.15, 0.2) is 81.3 Å². The van der Waals surface area contributed by atoms with E-state index in [1.54, 1.807) is 60.7 Å². The fourth-order valence-corrected chi connectivity index (χ4v) is 4.02. The monoisotopic (exact) mass is 444 g/mol. The molecule has 9 heteroatoms. The van der Waals surface area contributed by atoms with Gasteiger partial charge in [-0.25, -0.2) is 9.59 Å². The van der Waals surface area contributed by atoms with E-state index < -0.39 is 18.5 Å². The maximum Gasteiger partial charge on any atom is 0.339 e. The molecule has 0 aliphatic carbocycles. The summed E-state index contributed by atoms with van der Waals surface area (Å²) in [5.74, 6) is -1.17. The number of fused-ring (bicyclic) bond motifs is 1. The lowest BCUT2D eigenvalue weighted by Gasteiger charge is -2.10. The zero-order valence-corrected chi connectivity index (χ0v) is 17.4. The third-order valence-corrected chi connectivity index (χ3v) is 5.62. The Hall–Kier alpha value is -4.29. The Morgan fingerprint density at radius 1 is 0.969 bits per heavy atom. The van der Waals surface area contributed by atoms with Crippen molar-refractivity contribution < 1.29 is 14.3 Å². The number of aromatic nitrogens is 2. The van der Waals surface area contributed by atoms with Crippen molar-refractivity contribution in [2.45, 2.75) is 9.79 Å². The molecule has 158 valence electrons. The quantitative estimate of drug-likeness (QED) is 0.389. The molecule has 1 aromatic heterocycles. The van der Waals surface area contributed by atoms with Crippen molar-refractivity contribution in [2.24, 2.45) is 0 Å². The van der Waals surface area contributed by atoms with Crippen molar-refractivity contribution in [3.8, 4) is 6.07 Å². The molecule has 4 rings (SSSR count). The minimum Gasteiger partial charge on any atom is -0.452 e. The number of aromatic amines is 2. The van der Waals surface area contributed by atoms with E-state index in [1.165, 1.54) is 11.8 Å². The molecule has 0 saturated carbocycles. The summed E-state index contributed by atoms with van der Waals surface area (Å²) in [6, 6.07) is 20.9. The van der Waals surface area contributed by atoms with Crippen molar-refractivity contribution in [3.63, 3.8) is 0 Å². The SMILES string of the molecule is N#Cc1ccccc1Sc1ccccc1C(=O)OCC(=O)Nc1ccc2[nH]c(=O)[nH]c2c1. The fourth-order valence-electron chi connectivity index (χ4n) is 3.01. The summed E-state index contributed by atoms with van der Waals surface area (Å²) in [6.45, 7) is -0.478. The highest BCUT2D eigenvalue weighted by Crippen LogP contribution is 2.32. The van der Waals surface area contributed by atoms with Crippen LogP contribution >= 0.6 is 11.8 Å². The number of nitrogens with one attached hydrogen (secondary N) is 3. The summed E-state index contributed by atoms with van der Waals surface area (Å²) in [7, 11) is 0. The van der Waals surface area contributed by atoms with Gasteiger partial charge in [-0.3, -0.25) is 4.79 Å². The first-order chi connectivity index (χ1) is 15.5. The smallest absolute Gasteiger partial charge is 0.339 e. The number of hydrogen-bond acceptors (Lipinski definition) is 6. The number of esters is 1. The number of anilines is 1. The summed E-state index contributed by atoms with van der Waals surface area (Å²) in [5, 5.41) is 11.9. The van der Waals surface area contributed by atoms with Crippen LogP contribution in [-0.4, -0.2) is 28.5 Å². The molecule has 8 nitrogen and oxygen atoms in total. The first-order valence-electron chi connectivity index (χ1n) is 9.48. The zero-order chi connectivity index (χ0) is 22.5. The van der Waals surface area contributed by atoms with Gasteiger partial charge < -0.3 is 20.0 Å². The Morgan fingerprint density at radius 2 is 1.69 bits per heavy atom. The molecule has 0 aliphatic rings. The minimum atomic E-state index is -0.650. The van der Waals surface area contributed by atoms with Crippen LogP contribution in [-0.2, 0) is 9.53 Å². The van der Waals surface area contributed by atoms with Crippen molar-refractivity contribution in [3.05, 3.63) is 88.3 Å². The molecule has 0 saturated heterocycles. The van der Waals surface area contributed by atoms with Gasteiger partial charge in [0.2, 0.25) is 0 Å². The molecule has 3 N–H and O–H groups in total. The highest BCUT2D eigenvalue weighted by molar-refractivity contribution is 7.99. The first-order valence-corrected chi connectivity index (χ1v) is 10.3. The second-order valence-corrected chi connectivity index (χ2v) is 7.75. The fraction of sp³-hybridized carbons (Fsp3) is 0.0435. The average Bonchev–Trinajstić information content (AvgIpc) is 3.17. The van der Waals surface area contributed by atoms with Crippen LogP contribution in [0.4, 0.5) is 5.69 Å². The second-order valence-electron chi connectivity index (χ2n) is 6.67. The van der Waals surface area contributed by atoms with Gasteiger partial charge in [0, 0.05) is 15.5 Å². The maximum absolute atomic E-state index is 12.6. The minimum absolute atomic E-state index is 0.296. The van der Waals surface area contributed by atoms with E-state index in [0.717, 1.165) is 0 Å². The van der Waals surface area contributed by atoms with Crippen molar-refractivity contribution in [1.82, 2.24) is 9.97 Å². The molecule has 0 radical (unpaired) electrons. The zero-order valence-electron chi connectivity index (χ0n) is 16.5. The summed E-state index contributed by atoms with van der Waals surface area (Å²) >= 11 is 1.28. The number of imidazole rings is 1. The number of hydrogen-bond donors (Lipinski definition) is 3. The Labute approximate surface area is 186 Å². The lowest BCUT2D eigenvalue weighted by atomic mass is 10.2. The highest BCUT2D eigenvalue weighted by Gasteiger charge is 2.16. The molecule has 0 atom stereocenters. The van der Waals surface area contributed by atoms with Crippen LogP contribution in [0.5, 0.6) is 0 Å². The predicted octanol–water partition coefficient (Wildman–Crippen LogP) is 3.67. The number of carbonyl (C=O) groups excluding carboxylic acids is 2. The molecule has 1 amide bonds. The van der Waals surface area contributed by atoms with E-state index in [4.69, 9.17) is 4.74 Å². The number of amides is 1. The van der Waals surface area contributed by atoms with E-state index in [9.17, 15) is 19.6 Å². The molecule has 0 fully saturated rings. The van der Waals surface area contributed by atoms with Crippen LogP contribution in [0, 0.1) is 11.3 Å². The van der Waals surface area contributed by atoms with Crippen molar-refractivity contribution in [2.75, 3.05) is 11.9 Å². The normalized spacial score (nSPS) is 10.5. The van der Waals surface area contributed by atoms with E-state index in [0.29, 0.717) is 37.6 Å². The lowest BCUT2D eigenvalue weighted by molar-refractivity contribution is -0.119. The van der Waals surface area contributed by atoms with Crippen LogP contribution < -0.4 is 11.0 Å². The third kappa shape index (κ3) is 4.71. The number of H-pyrrole nitrogens is 2. The van der Waals surface area contributed by atoms with E-state index in [1.807, 2.05) is 6.07 Å². The van der Waals surface area contributed by atoms with E-state index in [-0.39, 0.29) is 5.69 Å². The molecular weight excluding hydrogens is 428 g/mol. The largest absolute Gasteiger partial charge is 0.452 e. The Morgan fingerprint density at radius 3 is 2.50 bits per heavy atom. The van der Waals surface area contributed by atoms with Gasteiger partial charge in [0.05, 0.1) is 22.2 Å². The third-order valence-electron chi connectivity index (χ3n) is 4.47. The van der Waals surface area contributed by atoms with Crippen LogP contribution in [0.25, 0.3) is 11.0 Å². The van der Waals surface area contributed by atoms with Gasteiger partial charge in [0.15, 0.2) is 6.61 Å². The molecule has 3 aromatic carbocycles. The Kier molecular flexibility index (Phi) is 6.05. The summed E-state index contributed by atoms with van der Waals surface area (Å²) < 4.78 is 5.20. The van der Waals surface area contributed by atoms with Gasteiger partial charge in [-0.1, -0.05) is 36.0 Å². The second kappa shape index (κ2) is 9.24. The van der Waals surface area contributed by atoms with Gasteiger partial charge in [0.1, 0.15) is 6.07 Å². The number of rotatable bonds is 6. The van der Waals surface area contributed by atoms with E-state index in [2.05, 4.69) is 21.4 Å². The van der Waals surface area contributed by atoms with Crippen LogP contribution in [0.1, 0.15) is 15.9 Å². The van der Waals surface area contributed by atoms with Gasteiger partial charge in [-0.2, -0.15) is 5.26 Å². The number of carbonyl (C=O) groups is 2. The summed E-state index contributed by atoms with van der Waals surface area (Å²) in [5.41, 5.74) is 2.08. The molecule has 0 unspecified atom stereocenters. The highest BCUT2D eigenvalue weighted by atomic mass is 32.2. The number of benzene rings is 3. The number of nitriles is 1. The van der Waals surface area contributed by atoms with Crippen LogP contribution in [0.2, 0.25) is 0 Å². The topological polar surface area (TPSA) is 128 Å². The van der Waals surface area contributed by atoms with E-state index >= 15 is 0 Å². The maximum atomic E-state index is 12.6. The lowest BCUT2D eigenvalue weighted by Crippen LogP contribution is -2.21. The molecular formula is C23H16N4O4S. The van der Waals surface area contributed by atoms with Gasteiger partial charge >= 0.3 is 11.7 Å². The summed E-state index contributed by atoms with van der Waals surface area (Å²) in [6.07, 6.45) is 0. The van der Waals surface area contributed by atoms with Gasteiger partial charge in [-0.15, -0.1) is 0 Å². The molecule has 0 bridgehead atoms. The standard InChI is InChI=1S/C23H16N4O4S/c24-12-14-5-1-3-7-19(14)32-20-8-4-2-6-16(20)22(29)31-13-21(28)25-15-9-10-17-18(11-15)27-23(30)26-17/h1-11H,13H2,(H,25,28)(H2,26,27,30). The van der Waals surface area contributed by atoms with Gasteiger partial charge in [-0.05, 0) is 42.5 Å². The average molecular weight is 444 g/mol. The predicted molar refractivity (Wildman–Crippen MR) is 120 cm³/mol. The van der Waals surface area contributed by atoms with Gasteiger partial charge in [0.25, 0.3) is 5.91 Å². The molecule has 32 heavy (non-hydrogen) atoms. The number of nitrogens with zero attached hydrogens (tertiary/aromatic N) is 1. The Balaban J connectivity index is 1.42. The molecule has 4 aromatic rings. The Bertz CT molecular complexity index is 1420. The molecule has 1 heterocycles. The summed E-state index contributed by atoms with van der Waals surface area (Å²) in [4.78, 5) is 42.7.